The number of nitrogens with one attached hydrogen (secondary N) is 2. The van der Waals surface area contributed by atoms with Crippen molar-refractivity contribution < 1.29 is 14.3 Å². The number of aromatic nitrogens is 3. The molecule has 0 spiro atoms. The Balaban J connectivity index is 1.51. The molecule has 2 N–H and O–H groups in total. The van der Waals surface area contributed by atoms with Crippen molar-refractivity contribution in [2.24, 2.45) is 0 Å². The second-order valence-electron chi connectivity index (χ2n) is 9.23. The minimum absolute atomic E-state index is 0.235. The normalized spacial score (nSPS) is 14.5. The molecule has 1 aliphatic rings. The van der Waals surface area contributed by atoms with Crippen molar-refractivity contribution in [3.8, 4) is 11.5 Å². The highest BCUT2D eigenvalue weighted by Gasteiger charge is 2.34. The van der Waals surface area contributed by atoms with Crippen molar-refractivity contribution in [3.05, 3.63) is 105 Å². The average molecular weight is 574 g/mol. The summed E-state index contributed by atoms with van der Waals surface area (Å²) in [4.78, 5) is 18.0. The summed E-state index contributed by atoms with van der Waals surface area (Å²) < 4.78 is 14.3. The monoisotopic (exact) mass is 573 g/mol. The molecule has 1 aromatic heterocycles. The lowest BCUT2D eigenvalue weighted by atomic mass is 9.94. The Morgan fingerprint density at radius 2 is 1.84 bits per heavy atom. The number of nitrogens with zero attached hydrogens (tertiary/aromatic N) is 3. The highest BCUT2D eigenvalue weighted by Crippen LogP contribution is 2.43. The zero-order chi connectivity index (χ0) is 26.8. The number of hydrogen-bond donors (Lipinski definition) is 2. The third-order valence-electron chi connectivity index (χ3n) is 6.35. The number of hydrogen-bond acceptors (Lipinski definition) is 6. The van der Waals surface area contributed by atoms with Gasteiger partial charge in [0, 0.05) is 11.4 Å². The van der Waals surface area contributed by atoms with Crippen LogP contribution in [0.1, 0.15) is 35.2 Å². The third kappa shape index (κ3) is 5.15. The molecule has 194 valence electrons. The molecule has 1 amide bonds. The van der Waals surface area contributed by atoms with Crippen LogP contribution in [-0.2, 0) is 11.4 Å². The predicted octanol–water partition coefficient (Wildman–Crippen LogP) is 6.17. The summed E-state index contributed by atoms with van der Waals surface area (Å²) in [6.45, 7) is 6.29. The van der Waals surface area contributed by atoms with Crippen LogP contribution in [0, 0.1) is 13.8 Å². The van der Waals surface area contributed by atoms with Crippen molar-refractivity contribution >= 4 is 33.5 Å². The average Bonchev–Trinajstić information content (AvgIpc) is 3.34. The van der Waals surface area contributed by atoms with E-state index in [-0.39, 0.29) is 5.91 Å². The number of aryl methyl sites for hydroxylation is 2. The van der Waals surface area contributed by atoms with Crippen LogP contribution in [0.5, 0.6) is 11.5 Å². The SMILES string of the molecule is COc1cc(C2C(C(=O)Nc3cccc(C)c3)=C(C)Nc3ncnn32)cc(Br)c1OCc1cccc(C)c1. The van der Waals surface area contributed by atoms with Gasteiger partial charge in [-0.2, -0.15) is 10.1 Å². The van der Waals surface area contributed by atoms with Crippen LogP contribution in [0.2, 0.25) is 0 Å². The Morgan fingerprint density at radius 1 is 1.08 bits per heavy atom. The van der Waals surface area contributed by atoms with Crippen molar-refractivity contribution in [1.82, 2.24) is 14.8 Å². The number of amides is 1. The fourth-order valence-electron chi connectivity index (χ4n) is 4.61. The molecule has 0 bridgehead atoms. The molecule has 9 heteroatoms. The largest absolute Gasteiger partial charge is 0.493 e. The lowest BCUT2D eigenvalue weighted by Crippen LogP contribution is -2.31. The van der Waals surface area contributed by atoms with Crippen LogP contribution >= 0.6 is 15.9 Å². The molecule has 1 atom stereocenters. The lowest BCUT2D eigenvalue weighted by Gasteiger charge is -2.29. The fraction of sp³-hybridized carbons (Fsp3) is 0.207. The first-order valence-electron chi connectivity index (χ1n) is 12.1. The second kappa shape index (κ2) is 10.7. The van der Waals surface area contributed by atoms with E-state index in [9.17, 15) is 4.79 Å². The first-order chi connectivity index (χ1) is 18.3. The predicted molar refractivity (Wildman–Crippen MR) is 150 cm³/mol. The molecule has 8 nitrogen and oxygen atoms in total. The second-order valence-corrected chi connectivity index (χ2v) is 10.1. The first kappa shape index (κ1) is 25.5. The number of carbonyl (C=O) groups is 1. The molecule has 4 aromatic rings. The number of methoxy groups -OCH3 is 1. The molecule has 1 aliphatic heterocycles. The van der Waals surface area contributed by atoms with E-state index in [4.69, 9.17) is 9.47 Å². The van der Waals surface area contributed by atoms with Gasteiger partial charge in [-0.3, -0.25) is 4.79 Å². The molecule has 5 rings (SSSR count). The van der Waals surface area contributed by atoms with Gasteiger partial charge >= 0.3 is 0 Å². The van der Waals surface area contributed by atoms with Gasteiger partial charge in [0.15, 0.2) is 11.5 Å². The first-order valence-corrected chi connectivity index (χ1v) is 12.9. The molecule has 0 saturated carbocycles. The number of anilines is 2. The Labute approximate surface area is 229 Å². The molecule has 0 fully saturated rings. The minimum atomic E-state index is -0.547. The van der Waals surface area contributed by atoms with Crippen LogP contribution in [0.25, 0.3) is 0 Å². The van der Waals surface area contributed by atoms with Gasteiger partial charge in [-0.25, -0.2) is 4.68 Å². The standard InChI is InChI=1S/C29H28BrN5O3/c1-17-7-5-9-20(11-17)15-38-27-23(30)13-21(14-24(27)37-4)26-25(19(3)33-29-31-16-32-35(26)29)28(36)34-22-10-6-8-18(2)12-22/h5-14,16,26H,15H2,1-4H3,(H,34,36)(H,31,32,33). The number of carbonyl (C=O) groups excluding carboxylic acids is 1. The molecule has 2 heterocycles. The van der Waals surface area contributed by atoms with Crippen LogP contribution in [0.4, 0.5) is 11.6 Å². The highest BCUT2D eigenvalue weighted by molar-refractivity contribution is 9.10. The Morgan fingerprint density at radius 3 is 2.58 bits per heavy atom. The van der Waals surface area contributed by atoms with E-state index in [1.807, 2.05) is 62.4 Å². The number of fused-ring (bicyclic) bond motifs is 1. The highest BCUT2D eigenvalue weighted by atomic mass is 79.9. The number of benzene rings is 3. The number of rotatable bonds is 7. The van der Waals surface area contributed by atoms with Gasteiger partial charge < -0.3 is 20.1 Å². The van der Waals surface area contributed by atoms with Gasteiger partial charge in [0.25, 0.3) is 5.91 Å². The summed E-state index contributed by atoms with van der Waals surface area (Å²) in [5.74, 6) is 1.44. The summed E-state index contributed by atoms with van der Waals surface area (Å²) in [6, 6.07) is 19.1. The van der Waals surface area contributed by atoms with E-state index in [1.54, 1.807) is 11.8 Å². The Kier molecular flexibility index (Phi) is 7.20. The van der Waals surface area contributed by atoms with Gasteiger partial charge in [-0.15, -0.1) is 0 Å². The zero-order valence-electron chi connectivity index (χ0n) is 21.6. The molecular weight excluding hydrogens is 546 g/mol. The van der Waals surface area contributed by atoms with E-state index in [1.165, 1.54) is 11.9 Å². The van der Waals surface area contributed by atoms with Crippen molar-refractivity contribution in [2.45, 2.75) is 33.4 Å². The van der Waals surface area contributed by atoms with Crippen LogP contribution in [-0.4, -0.2) is 27.8 Å². The summed E-state index contributed by atoms with van der Waals surface area (Å²) in [5.41, 5.74) is 6.00. The minimum Gasteiger partial charge on any atom is -0.493 e. The molecule has 1 unspecified atom stereocenters. The van der Waals surface area contributed by atoms with Gasteiger partial charge in [0.2, 0.25) is 5.95 Å². The molecular formula is C29H28BrN5O3. The molecule has 38 heavy (non-hydrogen) atoms. The van der Waals surface area contributed by atoms with Crippen molar-refractivity contribution in [3.63, 3.8) is 0 Å². The quantitative estimate of drug-likeness (QED) is 0.274. The van der Waals surface area contributed by atoms with Crippen molar-refractivity contribution in [1.29, 1.82) is 0 Å². The number of allylic oxidation sites excluding steroid dienone is 1. The van der Waals surface area contributed by atoms with Crippen LogP contribution in [0.15, 0.2) is 82.7 Å². The summed E-state index contributed by atoms with van der Waals surface area (Å²) in [7, 11) is 1.60. The lowest BCUT2D eigenvalue weighted by molar-refractivity contribution is -0.113. The van der Waals surface area contributed by atoms with E-state index in [2.05, 4.69) is 55.7 Å². The van der Waals surface area contributed by atoms with Gasteiger partial charge in [0.1, 0.15) is 19.0 Å². The topological polar surface area (TPSA) is 90.3 Å². The molecule has 3 aromatic carbocycles. The number of ether oxygens (including phenoxy) is 2. The van der Waals surface area contributed by atoms with E-state index < -0.39 is 6.04 Å². The van der Waals surface area contributed by atoms with Crippen molar-refractivity contribution in [2.75, 3.05) is 17.7 Å². The number of halogens is 1. The Hall–Kier alpha value is -4.11. The zero-order valence-corrected chi connectivity index (χ0v) is 23.2. The van der Waals surface area contributed by atoms with E-state index in [0.717, 1.165) is 22.4 Å². The third-order valence-corrected chi connectivity index (χ3v) is 6.94. The molecule has 0 radical (unpaired) electrons. The fourth-order valence-corrected chi connectivity index (χ4v) is 5.18. The Bertz CT molecular complexity index is 1540. The maximum absolute atomic E-state index is 13.7. The van der Waals surface area contributed by atoms with Gasteiger partial charge in [0.05, 0.1) is 17.2 Å². The van der Waals surface area contributed by atoms with Crippen LogP contribution < -0.4 is 20.1 Å². The summed E-state index contributed by atoms with van der Waals surface area (Å²) in [5, 5.41) is 10.7. The summed E-state index contributed by atoms with van der Waals surface area (Å²) >= 11 is 3.68. The van der Waals surface area contributed by atoms with Gasteiger partial charge in [-0.05, 0) is 77.7 Å². The van der Waals surface area contributed by atoms with Gasteiger partial charge in [-0.1, -0.05) is 42.0 Å². The van der Waals surface area contributed by atoms with E-state index in [0.29, 0.717) is 39.8 Å². The van der Waals surface area contributed by atoms with E-state index >= 15 is 0 Å². The smallest absolute Gasteiger partial charge is 0.255 e. The van der Waals surface area contributed by atoms with Crippen LogP contribution in [0.3, 0.4) is 0 Å². The maximum atomic E-state index is 13.7. The summed E-state index contributed by atoms with van der Waals surface area (Å²) in [6.07, 6.45) is 1.47. The molecule has 0 saturated heterocycles. The molecule has 0 aliphatic carbocycles. The maximum Gasteiger partial charge on any atom is 0.255 e.